The summed E-state index contributed by atoms with van der Waals surface area (Å²) in [6.07, 6.45) is 1.05. The molecule has 7 nitrogen and oxygen atoms in total. The number of aryl methyl sites for hydroxylation is 1. The van der Waals surface area contributed by atoms with Gasteiger partial charge in [-0.3, -0.25) is 13.9 Å². The van der Waals surface area contributed by atoms with Gasteiger partial charge in [0.1, 0.15) is 6.54 Å². The lowest BCUT2D eigenvalue weighted by molar-refractivity contribution is -0.114. The second-order valence-corrected chi connectivity index (χ2v) is 8.68. The van der Waals surface area contributed by atoms with E-state index >= 15 is 0 Å². The number of rotatable bonds is 7. The fourth-order valence-electron chi connectivity index (χ4n) is 2.67. The molecule has 0 aliphatic carbocycles. The molecule has 0 aliphatic rings. The summed E-state index contributed by atoms with van der Waals surface area (Å²) in [5.74, 6) is -0.858. The number of carbonyl (C=O) groups excluding carboxylic acids is 2. The van der Waals surface area contributed by atoms with Crippen LogP contribution in [0.5, 0.6) is 0 Å². The first-order valence-electron chi connectivity index (χ1n) is 8.82. The number of amides is 2. The van der Waals surface area contributed by atoms with Gasteiger partial charge in [0.05, 0.1) is 23.2 Å². The van der Waals surface area contributed by atoms with Crippen LogP contribution in [0.1, 0.15) is 29.8 Å². The highest BCUT2D eigenvalue weighted by Gasteiger charge is 2.23. The van der Waals surface area contributed by atoms with Crippen LogP contribution in [0.3, 0.4) is 0 Å². The molecule has 2 aromatic carbocycles. The Morgan fingerprint density at radius 2 is 1.64 bits per heavy atom. The van der Waals surface area contributed by atoms with Gasteiger partial charge in [-0.1, -0.05) is 30.3 Å². The number of carbonyl (C=O) groups is 2. The third-order valence-electron chi connectivity index (χ3n) is 3.94. The molecule has 8 heteroatoms. The van der Waals surface area contributed by atoms with Crippen molar-refractivity contribution in [3.63, 3.8) is 0 Å². The number of benzene rings is 2. The smallest absolute Gasteiger partial charge is 0.253 e. The molecule has 0 aromatic heterocycles. The maximum atomic E-state index is 12.6. The Balaban J connectivity index is 2.25. The summed E-state index contributed by atoms with van der Waals surface area (Å²) in [7, 11) is -3.68. The van der Waals surface area contributed by atoms with Crippen molar-refractivity contribution in [3.8, 4) is 0 Å². The standard InChI is InChI=1S/C20H25N3O4S/c1-14(2)21-20(25)16-10-6-7-11-17(16)22-19(24)13-23(28(4,26)27)18-12-8-5-9-15(18)3/h5-12,14H,13H2,1-4H3,(H,21,25)(H,22,24). The van der Waals surface area contributed by atoms with Crippen LogP contribution in [-0.4, -0.2) is 39.1 Å². The minimum absolute atomic E-state index is 0.0574. The van der Waals surface area contributed by atoms with E-state index in [1.165, 1.54) is 0 Å². The molecule has 0 aliphatic heterocycles. The van der Waals surface area contributed by atoms with E-state index in [1.807, 2.05) is 13.8 Å². The lowest BCUT2D eigenvalue weighted by Gasteiger charge is -2.23. The molecule has 2 amide bonds. The first-order valence-corrected chi connectivity index (χ1v) is 10.7. The molecule has 2 rings (SSSR count). The molecule has 2 aromatic rings. The molecule has 2 N–H and O–H groups in total. The van der Waals surface area contributed by atoms with Crippen LogP contribution in [0.4, 0.5) is 11.4 Å². The van der Waals surface area contributed by atoms with Crippen molar-refractivity contribution in [2.24, 2.45) is 0 Å². The summed E-state index contributed by atoms with van der Waals surface area (Å²) in [5.41, 5.74) is 1.80. The van der Waals surface area contributed by atoms with Crippen molar-refractivity contribution in [3.05, 3.63) is 59.7 Å². The molecule has 0 spiro atoms. The molecular weight excluding hydrogens is 378 g/mol. The Morgan fingerprint density at radius 1 is 1.04 bits per heavy atom. The third-order valence-corrected chi connectivity index (χ3v) is 5.06. The highest BCUT2D eigenvalue weighted by Crippen LogP contribution is 2.22. The van der Waals surface area contributed by atoms with Crippen molar-refractivity contribution >= 4 is 33.2 Å². The van der Waals surface area contributed by atoms with E-state index in [-0.39, 0.29) is 11.9 Å². The fourth-order valence-corrected chi connectivity index (χ4v) is 3.59. The van der Waals surface area contributed by atoms with Crippen molar-refractivity contribution in [2.45, 2.75) is 26.8 Å². The van der Waals surface area contributed by atoms with E-state index in [0.29, 0.717) is 16.9 Å². The maximum absolute atomic E-state index is 12.6. The van der Waals surface area contributed by atoms with Crippen LogP contribution in [-0.2, 0) is 14.8 Å². The molecule has 0 saturated heterocycles. The zero-order valence-electron chi connectivity index (χ0n) is 16.4. The predicted octanol–water partition coefficient (Wildman–Crippen LogP) is 2.54. The van der Waals surface area contributed by atoms with Gasteiger partial charge >= 0.3 is 0 Å². The largest absolute Gasteiger partial charge is 0.350 e. The zero-order chi connectivity index (χ0) is 20.9. The lowest BCUT2D eigenvalue weighted by atomic mass is 10.1. The van der Waals surface area contributed by atoms with Gasteiger partial charge in [-0.15, -0.1) is 0 Å². The molecule has 0 bridgehead atoms. The fraction of sp³-hybridized carbons (Fsp3) is 0.300. The van der Waals surface area contributed by atoms with Gasteiger partial charge in [0.2, 0.25) is 15.9 Å². The van der Waals surface area contributed by atoms with E-state index in [4.69, 9.17) is 0 Å². The minimum atomic E-state index is -3.68. The summed E-state index contributed by atoms with van der Waals surface area (Å²) < 4.78 is 25.6. The van der Waals surface area contributed by atoms with Crippen LogP contribution in [0.2, 0.25) is 0 Å². The molecule has 0 saturated carbocycles. The van der Waals surface area contributed by atoms with Gasteiger partial charge < -0.3 is 10.6 Å². The first kappa shape index (κ1) is 21.4. The van der Waals surface area contributed by atoms with E-state index in [9.17, 15) is 18.0 Å². The van der Waals surface area contributed by atoms with Crippen molar-refractivity contribution in [1.82, 2.24) is 5.32 Å². The van der Waals surface area contributed by atoms with Gasteiger partial charge in [-0.25, -0.2) is 8.42 Å². The number of para-hydroxylation sites is 2. The molecule has 0 heterocycles. The molecule has 0 unspecified atom stereocenters. The van der Waals surface area contributed by atoms with E-state index in [2.05, 4.69) is 10.6 Å². The zero-order valence-corrected chi connectivity index (χ0v) is 17.2. The minimum Gasteiger partial charge on any atom is -0.350 e. The normalized spacial score (nSPS) is 11.2. The van der Waals surface area contributed by atoms with Crippen LogP contribution in [0.25, 0.3) is 0 Å². The number of sulfonamides is 1. The quantitative estimate of drug-likeness (QED) is 0.743. The number of anilines is 2. The van der Waals surface area contributed by atoms with E-state index in [0.717, 1.165) is 16.1 Å². The molecule has 150 valence electrons. The molecule has 0 radical (unpaired) electrons. The lowest BCUT2D eigenvalue weighted by Crippen LogP contribution is -2.38. The maximum Gasteiger partial charge on any atom is 0.253 e. The van der Waals surface area contributed by atoms with Gasteiger partial charge in [0.15, 0.2) is 0 Å². The molecular formula is C20H25N3O4S. The summed E-state index contributed by atoms with van der Waals surface area (Å²) in [6, 6.07) is 13.5. The molecule has 28 heavy (non-hydrogen) atoms. The van der Waals surface area contributed by atoms with Crippen molar-refractivity contribution in [1.29, 1.82) is 0 Å². The van der Waals surface area contributed by atoms with E-state index < -0.39 is 22.5 Å². The summed E-state index contributed by atoms with van der Waals surface area (Å²) in [5, 5.41) is 5.43. The Bertz CT molecular complexity index is 971. The van der Waals surface area contributed by atoms with Crippen LogP contribution < -0.4 is 14.9 Å². The summed E-state index contributed by atoms with van der Waals surface area (Å²) >= 11 is 0. The van der Waals surface area contributed by atoms with Gasteiger partial charge in [-0.05, 0) is 44.5 Å². The Morgan fingerprint density at radius 3 is 2.25 bits per heavy atom. The summed E-state index contributed by atoms with van der Waals surface area (Å²) in [4.78, 5) is 24.9. The predicted molar refractivity (Wildman–Crippen MR) is 111 cm³/mol. The number of nitrogens with zero attached hydrogens (tertiary/aromatic N) is 1. The number of hydrogen-bond acceptors (Lipinski definition) is 4. The average Bonchev–Trinajstić information content (AvgIpc) is 2.59. The Hall–Kier alpha value is -2.87. The van der Waals surface area contributed by atoms with Crippen molar-refractivity contribution < 1.29 is 18.0 Å². The Kier molecular flexibility index (Phi) is 6.80. The van der Waals surface area contributed by atoms with Crippen LogP contribution >= 0.6 is 0 Å². The van der Waals surface area contributed by atoms with Crippen LogP contribution in [0, 0.1) is 6.92 Å². The van der Waals surface area contributed by atoms with Gasteiger partial charge in [0, 0.05) is 6.04 Å². The summed E-state index contributed by atoms with van der Waals surface area (Å²) in [6.45, 7) is 5.05. The van der Waals surface area contributed by atoms with Gasteiger partial charge in [-0.2, -0.15) is 0 Å². The van der Waals surface area contributed by atoms with E-state index in [1.54, 1.807) is 55.5 Å². The number of hydrogen-bond donors (Lipinski definition) is 2. The SMILES string of the molecule is Cc1ccccc1N(CC(=O)Nc1ccccc1C(=O)NC(C)C)S(C)(=O)=O. The monoisotopic (exact) mass is 403 g/mol. The first-order chi connectivity index (χ1) is 13.1. The second-order valence-electron chi connectivity index (χ2n) is 6.78. The third kappa shape index (κ3) is 5.56. The Labute approximate surface area is 165 Å². The molecule has 0 atom stereocenters. The highest BCUT2D eigenvalue weighted by molar-refractivity contribution is 7.92. The average molecular weight is 404 g/mol. The highest BCUT2D eigenvalue weighted by atomic mass is 32.2. The topological polar surface area (TPSA) is 95.6 Å². The van der Waals surface area contributed by atoms with Crippen LogP contribution in [0.15, 0.2) is 48.5 Å². The number of nitrogens with one attached hydrogen (secondary N) is 2. The second kappa shape index (κ2) is 8.88. The van der Waals surface area contributed by atoms with Crippen molar-refractivity contribution in [2.75, 3.05) is 22.4 Å². The van der Waals surface area contributed by atoms with Gasteiger partial charge in [0.25, 0.3) is 5.91 Å². The molecule has 0 fully saturated rings.